The molecule has 0 aromatic carbocycles. The molecule has 2 fully saturated rings. The molecule has 0 bridgehead atoms. The minimum atomic E-state index is -0.617. The summed E-state index contributed by atoms with van der Waals surface area (Å²) in [6.45, 7) is 11.7. The van der Waals surface area contributed by atoms with Crippen LogP contribution in [0.3, 0.4) is 0 Å². The lowest BCUT2D eigenvalue weighted by atomic mass is 9.49. The van der Waals surface area contributed by atoms with Crippen LogP contribution in [0.4, 0.5) is 0 Å². The number of hydrogen-bond donors (Lipinski definition) is 3. The first-order chi connectivity index (χ1) is 14.1. The molecule has 0 heterocycles. The van der Waals surface area contributed by atoms with E-state index in [-0.39, 0.29) is 22.9 Å². The maximum absolute atomic E-state index is 11.3. The van der Waals surface area contributed by atoms with Crippen molar-refractivity contribution in [3.05, 3.63) is 23.3 Å². The number of aliphatic hydroxyl groups excluding tert-OH is 3. The Morgan fingerprint density at radius 2 is 1.73 bits per heavy atom. The van der Waals surface area contributed by atoms with Crippen molar-refractivity contribution in [2.45, 2.75) is 104 Å². The average Bonchev–Trinajstić information content (AvgIpc) is 2.94. The molecule has 3 unspecified atom stereocenters. The summed E-state index contributed by atoms with van der Waals surface area (Å²) in [5.74, 6) is 2.52. The topological polar surface area (TPSA) is 60.7 Å². The lowest BCUT2D eigenvalue weighted by Gasteiger charge is -2.56. The highest BCUT2D eigenvalue weighted by atomic mass is 16.3. The lowest BCUT2D eigenvalue weighted by Crippen LogP contribution is -2.50. The van der Waals surface area contributed by atoms with Gasteiger partial charge in [0.2, 0.25) is 0 Å². The van der Waals surface area contributed by atoms with Crippen molar-refractivity contribution in [2.75, 3.05) is 0 Å². The van der Waals surface area contributed by atoms with Crippen molar-refractivity contribution in [3.8, 4) is 0 Å². The maximum Gasteiger partial charge on any atom is 0.0941 e. The molecule has 170 valence electrons. The zero-order chi connectivity index (χ0) is 21.8. The van der Waals surface area contributed by atoms with Crippen molar-refractivity contribution in [2.24, 2.45) is 40.4 Å². The Balaban J connectivity index is 1.61. The third-order valence-electron chi connectivity index (χ3n) is 9.73. The van der Waals surface area contributed by atoms with Crippen molar-refractivity contribution < 1.29 is 15.3 Å². The zero-order valence-electron chi connectivity index (χ0n) is 19.8. The smallest absolute Gasteiger partial charge is 0.0941 e. The van der Waals surface area contributed by atoms with E-state index < -0.39 is 12.2 Å². The van der Waals surface area contributed by atoms with Crippen molar-refractivity contribution in [1.82, 2.24) is 0 Å². The Morgan fingerprint density at radius 1 is 1.00 bits per heavy atom. The molecule has 0 aromatic heterocycles. The molecule has 4 aliphatic rings. The highest BCUT2D eigenvalue weighted by molar-refractivity contribution is 5.40. The van der Waals surface area contributed by atoms with Gasteiger partial charge in [0.15, 0.2) is 0 Å². The predicted molar refractivity (Wildman–Crippen MR) is 122 cm³/mol. The van der Waals surface area contributed by atoms with Crippen LogP contribution in [0.5, 0.6) is 0 Å². The van der Waals surface area contributed by atoms with Crippen LogP contribution < -0.4 is 0 Å². The summed E-state index contributed by atoms with van der Waals surface area (Å²) >= 11 is 0. The molecular weight excluding hydrogens is 372 g/mol. The fourth-order valence-corrected chi connectivity index (χ4v) is 8.11. The Morgan fingerprint density at radius 3 is 2.43 bits per heavy atom. The molecule has 0 amide bonds. The number of aliphatic hydroxyl groups is 3. The van der Waals surface area contributed by atoms with Gasteiger partial charge in [-0.3, -0.25) is 0 Å². The van der Waals surface area contributed by atoms with Crippen LogP contribution >= 0.6 is 0 Å². The second-order valence-corrected chi connectivity index (χ2v) is 12.0. The van der Waals surface area contributed by atoms with Crippen LogP contribution in [-0.4, -0.2) is 33.6 Å². The lowest BCUT2D eigenvalue weighted by molar-refractivity contribution is 0.00963. The maximum atomic E-state index is 11.3. The highest BCUT2D eigenvalue weighted by Gasteiger charge is 2.60. The molecule has 0 saturated heterocycles. The van der Waals surface area contributed by atoms with E-state index in [1.54, 1.807) is 0 Å². The van der Waals surface area contributed by atoms with E-state index in [0.29, 0.717) is 17.8 Å². The molecule has 4 aliphatic carbocycles. The molecule has 4 rings (SSSR count). The number of rotatable bonds is 5. The summed E-state index contributed by atoms with van der Waals surface area (Å²) in [5, 5.41) is 32.5. The van der Waals surface area contributed by atoms with E-state index in [1.165, 1.54) is 24.8 Å². The van der Waals surface area contributed by atoms with Gasteiger partial charge in [-0.2, -0.15) is 0 Å². The third-order valence-corrected chi connectivity index (χ3v) is 9.73. The molecule has 3 N–H and O–H groups in total. The molecule has 0 spiro atoms. The van der Waals surface area contributed by atoms with Crippen LogP contribution in [0.1, 0.15) is 86.0 Å². The second kappa shape index (κ2) is 8.05. The van der Waals surface area contributed by atoms with Crippen LogP contribution in [0.2, 0.25) is 0 Å². The zero-order valence-corrected chi connectivity index (χ0v) is 19.8. The second-order valence-electron chi connectivity index (χ2n) is 12.0. The number of fused-ring (bicyclic) bond motifs is 5. The summed E-state index contributed by atoms with van der Waals surface area (Å²) in [4.78, 5) is 0. The normalized spacial score (nSPS) is 46.6. The van der Waals surface area contributed by atoms with Gasteiger partial charge in [-0.25, -0.2) is 0 Å². The fraction of sp³-hybridized carbons (Fsp3) is 0.852. The van der Waals surface area contributed by atoms with Gasteiger partial charge < -0.3 is 15.3 Å². The van der Waals surface area contributed by atoms with Gasteiger partial charge in [-0.15, -0.1) is 0 Å². The highest BCUT2D eigenvalue weighted by Crippen LogP contribution is 2.66. The van der Waals surface area contributed by atoms with Gasteiger partial charge in [0.25, 0.3) is 0 Å². The van der Waals surface area contributed by atoms with E-state index in [1.807, 2.05) is 6.08 Å². The average molecular weight is 417 g/mol. The van der Waals surface area contributed by atoms with Crippen molar-refractivity contribution in [3.63, 3.8) is 0 Å². The van der Waals surface area contributed by atoms with Crippen LogP contribution in [0, 0.1) is 40.4 Å². The summed E-state index contributed by atoms with van der Waals surface area (Å²) in [6.07, 6.45) is 11.4. The SMILES string of the molecule is CC(C)CCC[C@@H](C)[C@H]1CC(O)[C@H]2C3=CC(O)C4=CC(O)CC[C@]4(C)[C@H]3CC[C@@]21C. The molecule has 2 saturated carbocycles. The van der Waals surface area contributed by atoms with E-state index in [0.717, 1.165) is 43.6 Å². The Hall–Kier alpha value is -0.640. The first-order valence-electron chi connectivity index (χ1n) is 12.6. The standard InChI is InChI=1S/C27H44O3/c1-16(2)7-6-8-17(3)21-15-24(30)25-19-14-23(29)22-13-18(28)9-11-26(22,4)20(19)10-12-27(21,25)5/h13-14,16-18,20-21,23-25,28-30H,6-12,15H2,1-5H3/t17-,18?,20+,21-,23?,24?,25-,26-,27-/m1/s1. The summed E-state index contributed by atoms with van der Waals surface area (Å²) in [5.41, 5.74) is 2.40. The summed E-state index contributed by atoms with van der Waals surface area (Å²) < 4.78 is 0. The van der Waals surface area contributed by atoms with Crippen molar-refractivity contribution >= 4 is 0 Å². The Kier molecular flexibility index (Phi) is 6.05. The predicted octanol–water partition coefficient (Wildman–Crippen LogP) is 5.25. The first kappa shape index (κ1) is 22.6. The van der Waals surface area contributed by atoms with Crippen LogP contribution in [0.25, 0.3) is 0 Å². The molecule has 0 aromatic rings. The van der Waals surface area contributed by atoms with Crippen molar-refractivity contribution in [1.29, 1.82) is 0 Å². The van der Waals surface area contributed by atoms with Crippen LogP contribution in [0.15, 0.2) is 23.3 Å². The minimum Gasteiger partial charge on any atom is -0.392 e. The van der Waals surface area contributed by atoms with E-state index in [4.69, 9.17) is 0 Å². The largest absolute Gasteiger partial charge is 0.392 e. The molecule has 9 atom stereocenters. The summed E-state index contributed by atoms with van der Waals surface area (Å²) in [7, 11) is 0. The van der Waals surface area contributed by atoms with Crippen LogP contribution in [-0.2, 0) is 0 Å². The van der Waals surface area contributed by atoms with E-state index in [9.17, 15) is 15.3 Å². The molecular formula is C27H44O3. The fourth-order valence-electron chi connectivity index (χ4n) is 8.11. The molecule has 3 nitrogen and oxygen atoms in total. The molecule has 0 radical (unpaired) electrons. The van der Waals surface area contributed by atoms with Gasteiger partial charge >= 0.3 is 0 Å². The van der Waals surface area contributed by atoms with E-state index in [2.05, 4.69) is 40.7 Å². The number of hydrogen-bond acceptors (Lipinski definition) is 3. The van der Waals surface area contributed by atoms with Gasteiger partial charge in [-0.1, -0.05) is 71.6 Å². The summed E-state index contributed by atoms with van der Waals surface area (Å²) in [6, 6.07) is 0. The van der Waals surface area contributed by atoms with E-state index >= 15 is 0 Å². The molecule has 0 aliphatic heterocycles. The third kappa shape index (κ3) is 3.53. The van der Waals surface area contributed by atoms with Gasteiger partial charge in [0, 0.05) is 5.92 Å². The molecule has 30 heavy (non-hydrogen) atoms. The van der Waals surface area contributed by atoms with Gasteiger partial charge in [0.1, 0.15) is 0 Å². The minimum absolute atomic E-state index is 0.0786. The molecule has 3 heteroatoms. The first-order valence-corrected chi connectivity index (χ1v) is 12.6. The quantitative estimate of drug-likeness (QED) is 0.536. The van der Waals surface area contributed by atoms with Gasteiger partial charge in [-0.05, 0) is 72.2 Å². The Labute approximate surface area is 183 Å². The Bertz CT molecular complexity index is 709. The van der Waals surface area contributed by atoms with Gasteiger partial charge in [0.05, 0.1) is 18.3 Å². The monoisotopic (exact) mass is 416 g/mol.